The van der Waals surface area contributed by atoms with Crippen LogP contribution >= 0.6 is 31.9 Å². The minimum absolute atomic E-state index is 0.164. The Morgan fingerprint density at radius 3 is 2.60 bits per heavy atom. The molecule has 1 aromatic carbocycles. The van der Waals surface area contributed by atoms with Crippen LogP contribution in [0.15, 0.2) is 33.2 Å². The van der Waals surface area contributed by atoms with Gasteiger partial charge in [-0.3, -0.25) is 4.90 Å². The molecule has 1 saturated heterocycles. The number of phenols is 1. The van der Waals surface area contributed by atoms with E-state index in [1.165, 1.54) is 0 Å². The second-order valence-corrected chi connectivity index (χ2v) is 7.05. The summed E-state index contributed by atoms with van der Waals surface area (Å²) in [7, 11) is 0. The van der Waals surface area contributed by atoms with Crippen molar-refractivity contribution >= 4 is 31.9 Å². The second-order valence-electron chi connectivity index (χ2n) is 5.28. The Balaban J connectivity index is 2.37. The van der Waals surface area contributed by atoms with Gasteiger partial charge in [0.2, 0.25) is 0 Å². The van der Waals surface area contributed by atoms with Crippen molar-refractivity contribution in [3.63, 3.8) is 0 Å². The number of nitrogens with zero attached hydrogens (tertiary/aromatic N) is 1. The molecule has 0 bridgehead atoms. The summed E-state index contributed by atoms with van der Waals surface area (Å²) >= 11 is 7.01. The van der Waals surface area contributed by atoms with E-state index in [1.807, 2.05) is 13.0 Å². The van der Waals surface area contributed by atoms with E-state index in [-0.39, 0.29) is 6.04 Å². The molecular formula is C15H20Br2N2O. The van der Waals surface area contributed by atoms with E-state index in [0.717, 1.165) is 52.7 Å². The average molecular weight is 404 g/mol. The average Bonchev–Trinajstić information content (AvgIpc) is 2.37. The molecule has 1 aliphatic rings. The molecular weight excluding hydrogens is 384 g/mol. The number of piperazine rings is 1. The van der Waals surface area contributed by atoms with Crippen LogP contribution in [0.2, 0.25) is 0 Å². The van der Waals surface area contributed by atoms with Crippen LogP contribution in [-0.2, 0) is 0 Å². The molecule has 0 radical (unpaired) electrons. The number of hydrogen-bond acceptors (Lipinski definition) is 3. The molecule has 2 N–H and O–H groups in total. The maximum atomic E-state index is 10.4. The van der Waals surface area contributed by atoms with Gasteiger partial charge in [-0.05, 0) is 25.5 Å². The Hall–Kier alpha value is -0.360. The van der Waals surface area contributed by atoms with Gasteiger partial charge in [0.25, 0.3) is 0 Å². The van der Waals surface area contributed by atoms with Crippen molar-refractivity contribution in [2.75, 3.05) is 26.2 Å². The molecule has 20 heavy (non-hydrogen) atoms. The van der Waals surface area contributed by atoms with Crippen molar-refractivity contribution in [1.29, 1.82) is 0 Å². The summed E-state index contributed by atoms with van der Waals surface area (Å²) in [4.78, 5) is 2.42. The highest BCUT2D eigenvalue weighted by Crippen LogP contribution is 2.40. The molecule has 1 atom stereocenters. The maximum Gasteiger partial charge on any atom is 0.122 e. The first-order valence-electron chi connectivity index (χ1n) is 6.76. The minimum Gasteiger partial charge on any atom is -0.508 e. The van der Waals surface area contributed by atoms with Crippen molar-refractivity contribution in [2.45, 2.75) is 19.4 Å². The highest BCUT2D eigenvalue weighted by molar-refractivity contribution is 9.11. The van der Waals surface area contributed by atoms with Crippen LogP contribution in [0.3, 0.4) is 0 Å². The Bertz CT molecular complexity index is 476. The molecule has 3 nitrogen and oxygen atoms in total. The van der Waals surface area contributed by atoms with E-state index in [2.05, 4.69) is 48.7 Å². The van der Waals surface area contributed by atoms with E-state index < -0.39 is 0 Å². The Kier molecular flexibility index (Phi) is 5.66. The number of phenolic OH excluding ortho intramolecular Hbond substituents is 1. The minimum atomic E-state index is 0.164. The summed E-state index contributed by atoms with van der Waals surface area (Å²) in [6.45, 7) is 10.0. The van der Waals surface area contributed by atoms with Crippen molar-refractivity contribution < 1.29 is 5.11 Å². The van der Waals surface area contributed by atoms with Gasteiger partial charge in [0.15, 0.2) is 0 Å². The maximum absolute atomic E-state index is 10.4. The predicted molar refractivity (Wildman–Crippen MR) is 90.1 cm³/mol. The normalized spacial score (nSPS) is 17.9. The Labute approximate surface area is 137 Å². The predicted octanol–water partition coefficient (Wildman–Crippen LogP) is 3.83. The monoisotopic (exact) mass is 402 g/mol. The first-order valence-corrected chi connectivity index (χ1v) is 8.34. The highest BCUT2D eigenvalue weighted by Gasteiger charge is 2.26. The largest absolute Gasteiger partial charge is 0.508 e. The molecule has 5 heteroatoms. The molecule has 1 fully saturated rings. The smallest absolute Gasteiger partial charge is 0.122 e. The lowest BCUT2D eigenvalue weighted by molar-refractivity contribution is 0.169. The Morgan fingerprint density at radius 1 is 1.40 bits per heavy atom. The molecule has 0 spiro atoms. The van der Waals surface area contributed by atoms with Crippen LogP contribution in [0.4, 0.5) is 0 Å². The molecule has 0 unspecified atom stereocenters. The lowest BCUT2D eigenvalue weighted by Crippen LogP contribution is -2.45. The number of nitrogens with one attached hydrogen (secondary N) is 1. The van der Waals surface area contributed by atoms with Gasteiger partial charge in [-0.25, -0.2) is 0 Å². The van der Waals surface area contributed by atoms with Crippen LogP contribution < -0.4 is 5.32 Å². The second kappa shape index (κ2) is 7.07. The molecule has 0 aliphatic carbocycles. The standard InChI is InChI=1S/C15H20Br2N2O/c1-10(2)7-13(19-5-3-18-4-6-19)15-12(17)8-11(16)9-14(15)20/h8-9,13,18,20H,1,3-7H2,2H3/t13-/m0/s1. The number of halogens is 2. The first-order chi connectivity index (χ1) is 9.49. The van der Waals surface area contributed by atoms with Crippen molar-refractivity contribution in [3.05, 3.63) is 38.8 Å². The van der Waals surface area contributed by atoms with Gasteiger partial charge < -0.3 is 10.4 Å². The zero-order valence-corrected chi connectivity index (χ0v) is 14.8. The quantitative estimate of drug-likeness (QED) is 0.750. The van der Waals surface area contributed by atoms with Gasteiger partial charge in [0, 0.05) is 46.7 Å². The fourth-order valence-corrected chi connectivity index (χ4v) is 4.11. The molecule has 0 aromatic heterocycles. The number of hydrogen-bond donors (Lipinski definition) is 2. The number of benzene rings is 1. The van der Waals surface area contributed by atoms with Crippen LogP contribution in [0.1, 0.15) is 24.9 Å². The SMILES string of the molecule is C=C(C)C[C@@H](c1c(O)cc(Br)cc1Br)N1CCNCC1. The number of aromatic hydroxyl groups is 1. The Morgan fingerprint density at radius 2 is 2.05 bits per heavy atom. The molecule has 110 valence electrons. The van der Waals surface area contributed by atoms with Crippen LogP contribution in [-0.4, -0.2) is 36.2 Å². The molecule has 0 saturated carbocycles. The van der Waals surface area contributed by atoms with Gasteiger partial charge in [-0.15, -0.1) is 6.58 Å². The van der Waals surface area contributed by atoms with Crippen molar-refractivity contribution in [1.82, 2.24) is 10.2 Å². The van der Waals surface area contributed by atoms with E-state index in [9.17, 15) is 5.11 Å². The highest BCUT2D eigenvalue weighted by atomic mass is 79.9. The molecule has 1 aromatic rings. The van der Waals surface area contributed by atoms with Crippen LogP contribution in [0.5, 0.6) is 5.75 Å². The lowest BCUT2D eigenvalue weighted by atomic mass is 9.97. The summed E-state index contributed by atoms with van der Waals surface area (Å²) < 4.78 is 1.81. The third-order valence-electron chi connectivity index (χ3n) is 3.54. The third-order valence-corrected chi connectivity index (χ3v) is 4.65. The number of rotatable bonds is 4. The van der Waals surface area contributed by atoms with E-state index in [1.54, 1.807) is 6.07 Å². The van der Waals surface area contributed by atoms with E-state index in [4.69, 9.17) is 0 Å². The molecule has 1 aliphatic heterocycles. The van der Waals surface area contributed by atoms with Crippen LogP contribution in [0.25, 0.3) is 0 Å². The van der Waals surface area contributed by atoms with Gasteiger partial charge in [0.1, 0.15) is 5.75 Å². The fourth-order valence-electron chi connectivity index (χ4n) is 2.64. The van der Waals surface area contributed by atoms with Gasteiger partial charge in [-0.1, -0.05) is 37.4 Å². The molecule has 2 rings (SSSR count). The zero-order chi connectivity index (χ0) is 14.7. The third kappa shape index (κ3) is 3.85. The lowest BCUT2D eigenvalue weighted by Gasteiger charge is -2.36. The molecule has 1 heterocycles. The zero-order valence-electron chi connectivity index (χ0n) is 11.6. The summed E-state index contributed by atoms with van der Waals surface area (Å²) in [6, 6.07) is 3.91. The summed E-state index contributed by atoms with van der Waals surface area (Å²) in [6.07, 6.45) is 0.855. The van der Waals surface area contributed by atoms with Crippen molar-refractivity contribution in [3.8, 4) is 5.75 Å². The summed E-state index contributed by atoms with van der Waals surface area (Å²) in [5.74, 6) is 0.330. The summed E-state index contributed by atoms with van der Waals surface area (Å²) in [5, 5.41) is 13.7. The molecule has 0 amide bonds. The van der Waals surface area contributed by atoms with Gasteiger partial charge in [0.05, 0.1) is 0 Å². The van der Waals surface area contributed by atoms with Gasteiger partial charge >= 0.3 is 0 Å². The van der Waals surface area contributed by atoms with E-state index >= 15 is 0 Å². The summed E-state index contributed by atoms with van der Waals surface area (Å²) in [5.41, 5.74) is 2.08. The fraction of sp³-hybridized carbons (Fsp3) is 0.467. The topological polar surface area (TPSA) is 35.5 Å². The van der Waals surface area contributed by atoms with Crippen LogP contribution in [0, 0.1) is 0 Å². The first kappa shape index (κ1) is 16.0. The van der Waals surface area contributed by atoms with Crippen molar-refractivity contribution in [2.24, 2.45) is 0 Å². The van der Waals surface area contributed by atoms with Gasteiger partial charge in [-0.2, -0.15) is 0 Å². The van der Waals surface area contributed by atoms with E-state index in [0.29, 0.717) is 5.75 Å².